The van der Waals surface area contributed by atoms with Crippen molar-refractivity contribution in [2.75, 3.05) is 31.6 Å². The van der Waals surface area contributed by atoms with Crippen LogP contribution in [0, 0.1) is 23.2 Å². The number of hydrogen-bond acceptors (Lipinski definition) is 5. The van der Waals surface area contributed by atoms with Gasteiger partial charge in [-0.25, -0.2) is 0 Å². The van der Waals surface area contributed by atoms with Gasteiger partial charge in [-0.1, -0.05) is 32.4 Å². The Labute approximate surface area is 257 Å². The Hall–Kier alpha value is -1.36. The molecule has 2 saturated carbocycles. The van der Waals surface area contributed by atoms with Crippen LogP contribution in [0.5, 0.6) is 5.75 Å². The van der Waals surface area contributed by atoms with Gasteiger partial charge in [0.25, 0.3) is 0 Å². The Kier molecular flexibility index (Phi) is 11.2. The van der Waals surface area contributed by atoms with Crippen LogP contribution in [0.15, 0.2) is 30.4 Å². The summed E-state index contributed by atoms with van der Waals surface area (Å²) in [6.07, 6.45) is -0.602. The number of fused-ring (bicyclic) bond motifs is 5. The lowest BCUT2D eigenvalue weighted by molar-refractivity contribution is -0.284. The average molecular weight is 634 g/mol. The molecule has 1 aromatic carbocycles. The van der Waals surface area contributed by atoms with Crippen molar-refractivity contribution in [1.82, 2.24) is 4.90 Å². The Morgan fingerprint density at radius 1 is 1.00 bits per heavy atom. The molecule has 3 aliphatic rings. The molecule has 3 aliphatic carbocycles. The van der Waals surface area contributed by atoms with Crippen molar-refractivity contribution >= 4 is 11.8 Å². The fourth-order valence-corrected chi connectivity index (χ4v) is 9.04. The number of aromatic hydroxyl groups is 1. The number of hydrogen-bond donors (Lipinski definition) is 3. The molecule has 0 aliphatic heterocycles. The van der Waals surface area contributed by atoms with Gasteiger partial charge in [0.05, 0.1) is 12.2 Å². The molecule has 4 rings (SSSR count). The molecule has 0 radical (unpaired) electrons. The van der Waals surface area contributed by atoms with Crippen molar-refractivity contribution in [3.8, 4) is 5.75 Å². The summed E-state index contributed by atoms with van der Waals surface area (Å²) >= 11 is 1.42. The van der Waals surface area contributed by atoms with Gasteiger partial charge in [-0.2, -0.15) is 33.7 Å². The summed E-state index contributed by atoms with van der Waals surface area (Å²) in [5, 5.41) is 32.6. The van der Waals surface area contributed by atoms with Gasteiger partial charge in [0.15, 0.2) is 0 Å². The Morgan fingerprint density at radius 3 is 2.42 bits per heavy atom. The van der Waals surface area contributed by atoms with Crippen LogP contribution in [0.1, 0.15) is 94.3 Å². The fraction of sp³-hybridized carbons (Fsp3) is 0.758. The molecular formula is C33H48F5NO3S. The minimum absolute atomic E-state index is 0.0489. The molecule has 10 heteroatoms. The van der Waals surface area contributed by atoms with Crippen LogP contribution in [0.3, 0.4) is 0 Å². The second-order valence-corrected chi connectivity index (χ2v) is 14.6. The van der Waals surface area contributed by atoms with E-state index in [2.05, 4.69) is 18.4 Å². The first-order valence-corrected chi connectivity index (χ1v) is 16.9. The zero-order valence-corrected chi connectivity index (χ0v) is 26.2. The quantitative estimate of drug-likeness (QED) is 0.110. The molecule has 1 aromatic rings. The molecule has 0 spiro atoms. The van der Waals surface area contributed by atoms with Crippen LogP contribution in [0.25, 0.3) is 0 Å². The lowest BCUT2D eigenvalue weighted by atomic mass is 9.51. The first-order valence-electron chi connectivity index (χ1n) is 15.8. The van der Waals surface area contributed by atoms with Gasteiger partial charge in [-0.05, 0) is 135 Å². The monoisotopic (exact) mass is 633 g/mol. The van der Waals surface area contributed by atoms with Crippen LogP contribution in [0.4, 0.5) is 22.0 Å². The van der Waals surface area contributed by atoms with E-state index in [4.69, 9.17) is 0 Å². The highest BCUT2D eigenvalue weighted by Crippen LogP contribution is 2.65. The molecule has 0 saturated heterocycles. The summed E-state index contributed by atoms with van der Waals surface area (Å²) in [6.45, 7) is 8.26. The smallest absolute Gasteiger partial charge is 0.453 e. The van der Waals surface area contributed by atoms with E-state index in [1.54, 1.807) is 12.1 Å². The molecule has 244 valence electrons. The van der Waals surface area contributed by atoms with Gasteiger partial charge >= 0.3 is 12.1 Å². The first-order chi connectivity index (χ1) is 20.2. The lowest BCUT2D eigenvalue weighted by Crippen LogP contribution is -2.45. The van der Waals surface area contributed by atoms with Crippen LogP contribution in [-0.4, -0.2) is 70.1 Å². The van der Waals surface area contributed by atoms with Crippen molar-refractivity contribution in [2.45, 2.75) is 101 Å². The summed E-state index contributed by atoms with van der Waals surface area (Å²) < 4.78 is 62.7. The van der Waals surface area contributed by atoms with E-state index in [1.165, 1.54) is 11.8 Å². The van der Waals surface area contributed by atoms with E-state index < -0.39 is 30.7 Å². The Balaban J connectivity index is 1.22. The minimum atomic E-state index is -5.47. The zero-order valence-electron chi connectivity index (χ0n) is 25.4. The third kappa shape index (κ3) is 7.55. The van der Waals surface area contributed by atoms with Gasteiger partial charge in [0, 0.05) is 6.42 Å². The van der Waals surface area contributed by atoms with Gasteiger partial charge in [0.1, 0.15) is 5.75 Å². The van der Waals surface area contributed by atoms with Gasteiger partial charge in [0.2, 0.25) is 0 Å². The topological polar surface area (TPSA) is 63.9 Å². The summed E-state index contributed by atoms with van der Waals surface area (Å²) in [5.41, 5.74) is 2.80. The standard InChI is InChI=1S/C33H48F5NO3S/c1-21-28(41)20-27-29-24(12-14-31(21,27)2)23-11-10-22(40)19-26(23)30(42)25(29)9-5-4-6-15-39(3)16-8-18-43-17-7-13-32(34,35)33(36,37)38/h10-11,19,24-25,27-30,40-42H,1,4-9,12-18,20H2,2-3H3/t24-,25+,27+,28-,29+,30-,31-/m1/s1. The number of benzene rings is 1. The summed E-state index contributed by atoms with van der Waals surface area (Å²) in [7, 11) is 2.04. The van der Waals surface area contributed by atoms with Crippen molar-refractivity contribution in [3.63, 3.8) is 0 Å². The number of aliphatic hydroxyl groups excluding tert-OH is 2. The fourth-order valence-electron chi connectivity index (χ4n) is 8.15. The van der Waals surface area contributed by atoms with Crippen LogP contribution < -0.4 is 0 Å². The summed E-state index contributed by atoms with van der Waals surface area (Å²) in [5.74, 6) is -2.56. The third-order valence-corrected chi connectivity index (χ3v) is 11.8. The molecule has 3 N–H and O–H groups in total. The maximum atomic E-state index is 13.0. The molecule has 0 aromatic heterocycles. The molecule has 0 amide bonds. The first kappa shape index (κ1) is 34.5. The van der Waals surface area contributed by atoms with E-state index in [9.17, 15) is 37.3 Å². The largest absolute Gasteiger partial charge is 0.508 e. The number of rotatable bonds is 14. The van der Waals surface area contributed by atoms with E-state index in [-0.39, 0.29) is 35.3 Å². The average Bonchev–Trinajstić information content (AvgIpc) is 3.17. The number of phenols is 1. The van der Waals surface area contributed by atoms with E-state index in [0.29, 0.717) is 18.1 Å². The number of halogens is 5. The van der Waals surface area contributed by atoms with Crippen molar-refractivity contribution in [2.24, 2.45) is 23.2 Å². The number of aliphatic hydroxyl groups is 2. The highest BCUT2D eigenvalue weighted by Gasteiger charge is 2.58. The molecule has 0 bridgehead atoms. The second-order valence-electron chi connectivity index (χ2n) is 13.4. The number of nitrogens with zero attached hydrogens (tertiary/aromatic N) is 1. The lowest BCUT2D eigenvalue weighted by Gasteiger charge is -2.53. The van der Waals surface area contributed by atoms with Gasteiger partial charge < -0.3 is 20.2 Å². The summed E-state index contributed by atoms with van der Waals surface area (Å²) in [4.78, 5) is 2.22. The molecule has 7 atom stereocenters. The SMILES string of the molecule is C=C1[C@H](O)C[C@H]2[C@@H]3[C@H](CCCCCN(C)CCCSCCCC(F)(F)C(F)(F)F)[C@@H](O)c4cc(O)ccc4[C@H]3CC[C@]12C. The molecule has 2 fully saturated rings. The van der Waals surface area contributed by atoms with Gasteiger partial charge in [-0.3, -0.25) is 0 Å². The van der Waals surface area contributed by atoms with Crippen LogP contribution >= 0.6 is 11.8 Å². The number of alkyl halides is 5. The highest BCUT2D eigenvalue weighted by atomic mass is 32.2. The van der Waals surface area contributed by atoms with Crippen LogP contribution in [0.2, 0.25) is 0 Å². The zero-order chi connectivity index (χ0) is 31.6. The maximum Gasteiger partial charge on any atom is 0.453 e. The molecule has 0 unspecified atom stereocenters. The number of thioether (sulfide) groups is 1. The maximum absolute atomic E-state index is 13.0. The van der Waals surface area contributed by atoms with Crippen molar-refractivity contribution in [3.05, 3.63) is 41.5 Å². The highest BCUT2D eigenvalue weighted by molar-refractivity contribution is 7.99. The van der Waals surface area contributed by atoms with E-state index >= 15 is 0 Å². The van der Waals surface area contributed by atoms with Gasteiger partial charge in [-0.15, -0.1) is 0 Å². The van der Waals surface area contributed by atoms with Crippen molar-refractivity contribution in [1.29, 1.82) is 0 Å². The Morgan fingerprint density at radius 2 is 1.70 bits per heavy atom. The second kappa shape index (κ2) is 14.0. The normalized spacial score (nSPS) is 30.8. The number of phenolic OH excluding ortho intramolecular Hbond substituents is 1. The van der Waals surface area contributed by atoms with E-state index in [1.807, 2.05) is 13.1 Å². The van der Waals surface area contributed by atoms with Crippen LogP contribution in [-0.2, 0) is 0 Å². The molecular weight excluding hydrogens is 585 g/mol. The predicted octanol–water partition coefficient (Wildman–Crippen LogP) is 8.09. The minimum Gasteiger partial charge on any atom is -0.508 e. The van der Waals surface area contributed by atoms with E-state index in [0.717, 1.165) is 80.5 Å². The third-order valence-electron chi connectivity index (χ3n) is 10.6. The molecule has 4 nitrogen and oxygen atoms in total. The number of unbranched alkanes of at least 4 members (excludes halogenated alkanes) is 2. The molecule has 43 heavy (non-hydrogen) atoms. The summed E-state index contributed by atoms with van der Waals surface area (Å²) in [6, 6.07) is 5.42. The molecule has 0 heterocycles. The van der Waals surface area contributed by atoms with Crippen molar-refractivity contribution < 1.29 is 37.3 Å². The Bertz CT molecular complexity index is 1100. The predicted molar refractivity (Wildman–Crippen MR) is 162 cm³/mol.